The first-order valence-electron chi connectivity index (χ1n) is 4.78. The number of carboxylic acids is 1. The molecule has 2 aromatic rings. The Labute approximate surface area is 95.4 Å². The lowest BCUT2D eigenvalue weighted by Crippen LogP contribution is -2.07. The Balaban J connectivity index is 2.23. The van der Waals surface area contributed by atoms with Gasteiger partial charge in [-0.1, -0.05) is 0 Å². The Bertz CT molecular complexity index is 585. The highest BCUT2D eigenvalue weighted by atomic mass is 32.1. The molecule has 0 saturated heterocycles. The van der Waals surface area contributed by atoms with Gasteiger partial charge in [-0.05, 0) is 6.07 Å². The Hall–Kier alpha value is -1.82. The number of hydrogen-bond donors (Lipinski definition) is 2. The predicted molar refractivity (Wildman–Crippen MR) is 60.8 cm³/mol. The van der Waals surface area contributed by atoms with Crippen LogP contribution in [0.3, 0.4) is 0 Å². The van der Waals surface area contributed by atoms with E-state index in [9.17, 15) is 4.79 Å². The average molecular weight is 235 g/mol. The minimum absolute atomic E-state index is 0.353. The second kappa shape index (κ2) is 3.08. The van der Waals surface area contributed by atoms with E-state index in [4.69, 9.17) is 5.11 Å². The van der Waals surface area contributed by atoms with Crippen molar-refractivity contribution in [3.63, 3.8) is 0 Å². The second-order valence-corrected chi connectivity index (χ2v) is 4.72. The maximum absolute atomic E-state index is 10.9. The van der Waals surface area contributed by atoms with Gasteiger partial charge in [0.1, 0.15) is 4.88 Å². The number of fused-ring (bicyclic) bond motifs is 3. The van der Waals surface area contributed by atoms with Crippen molar-refractivity contribution in [3.05, 3.63) is 23.0 Å². The number of aromatic nitrogens is 2. The summed E-state index contributed by atoms with van der Waals surface area (Å²) in [4.78, 5) is 16.5. The monoisotopic (exact) mass is 235 g/mol. The third-order valence-corrected chi connectivity index (χ3v) is 3.75. The number of nitrogens with one attached hydrogen (secondary N) is 1. The molecule has 0 atom stereocenters. The molecule has 0 saturated carbocycles. The highest BCUT2D eigenvalue weighted by Crippen LogP contribution is 2.41. The van der Waals surface area contributed by atoms with Crippen LogP contribution >= 0.6 is 11.3 Å². The molecule has 0 bridgehead atoms. The topological polar surface area (TPSA) is 67.2 Å². The molecule has 2 aromatic heterocycles. The number of nitrogens with zero attached hydrogens (tertiary/aromatic N) is 2. The second-order valence-electron chi connectivity index (χ2n) is 3.66. The van der Waals surface area contributed by atoms with Gasteiger partial charge in [-0.15, -0.1) is 11.3 Å². The van der Waals surface area contributed by atoms with E-state index < -0.39 is 5.97 Å². The van der Waals surface area contributed by atoms with Gasteiger partial charge >= 0.3 is 5.97 Å². The van der Waals surface area contributed by atoms with Crippen LogP contribution in [0.25, 0.3) is 10.6 Å². The van der Waals surface area contributed by atoms with Crippen molar-refractivity contribution >= 4 is 23.0 Å². The van der Waals surface area contributed by atoms with Crippen molar-refractivity contribution in [1.29, 1.82) is 0 Å². The van der Waals surface area contributed by atoms with E-state index in [1.54, 1.807) is 12.4 Å². The standard InChI is InChI=1S/C10H9N3O2S/c1-13-4-12-6-3-11-5-2-7(10(14)15)16-9(5)8(6)13/h2,4,11H,3H2,1H3,(H,14,15). The molecule has 5 nitrogen and oxygen atoms in total. The lowest BCUT2D eigenvalue weighted by atomic mass is 10.2. The minimum atomic E-state index is -0.884. The molecule has 0 amide bonds. The lowest BCUT2D eigenvalue weighted by Gasteiger charge is -2.14. The number of rotatable bonds is 1. The highest BCUT2D eigenvalue weighted by Gasteiger charge is 2.24. The fraction of sp³-hybridized carbons (Fsp3) is 0.200. The van der Waals surface area contributed by atoms with Crippen LogP contribution in [0.15, 0.2) is 12.4 Å². The molecule has 2 N–H and O–H groups in total. The summed E-state index contributed by atoms with van der Waals surface area (Å²) in [5.41, 5.74) is 2.87. The minimum Gasteiger partial charge on any atom is -0.477 e. The van der Waals surface area contributed by atoms with Crippen LogP contribution in [0.1, 0.15) is 15.4 Å². The summed E-state index contributed by atoms with van der Waals surface area (Å²) in [7, 11) is 1.92. The van der Waals surface area contributed by atoms with Gasteiger partial charge in [0, 0.05) is 7.05 Å². The molecule has 6 heteroatoms. The summed E-state index contributed by atoms with van der Waals surface area (Å²) in [6.45, 7) is 0.652. The largest absolute Gasteiger partial charge is 0.477 e. The fourth-order valence-electron chi connectivity index (χ4n) is 1.88. The number of carbonyl (C=O) groups is 1. The van der Waals surface area contributed by atoms with Gasteiger partial charge in [0.05, 0.1) is 34.8 Å². The van der Waals surface area contributed by atoms with E-state index in [1.807, 2.05) is 11.6 Å². The molecule has 0 unspecified atom stereocenters. The Morgan fingerprint density at radius 3 is 3.25 bits per heavy atom. The number of imidazole rings is 1. The summed E-state index contributed by atoms with van der Waals surface area (Å²) in [6.07, 6.45) is 1.75. The summed E-state index contributed by atoms with van der Waals surface area (Å²) in [6, 6.07) is 1.68. The van der Waals surface area contributed by atoms with Crippen LogP contribution in [0, 0.1) is 0 Å². The molecule has 82 valence electrons. The van der Waals surface area contributed by atoms with Crippen LogP contribution in [0.2, 0.25) is 0 Å². The Kier molecular flexibility index (Phi) is 1.81. The third-order valence-electron chi connectivity index (χ3n) is 2.62. The summed E-state index contributed by atoms with van der Waals surface area (Å²) >= 11 is 1.28. The molecule has 0 spiro atoms. The van der Waals surface area contributed by atoms with E-state index in [-0.39, 0.29) is 0 Å². The molecule has 1 aliphatic heterocycles. The maximum Gasteiger partial charge on any atom is 0.345 e. The number of aryl methyl sites for hydroxylation is 1. The van der Waals surface area contributed by atoms with Crippen molar-refractivity contribution in [2.75, 3.05) is 5.32 Å². The number of aromatic carboxylic acids is 1. The first-order chi connectivity index (χ1) is 7.66. The molecular weight excluding hydrogens is 226 g/mol. The van der Waals surface area contributed by atoms with Crippen LogP contribution < -0.4 is 5.32 Å². The molecule has 1 aliphatic rings. The van der Waals surface area contributed by atoms with Gasteiger partial charge in [-0.25, -0.2) is 9.78 Å². The molecule has 0 aliphatic carbocycles. The zero-order valence-electron chi connectivity index (χ0n) is 8.52. The molecule has 3 heterocycles. The van der Waals surface area contributed by atoms with Crippen LogP contribution in [-0.4, -0.2) is 20.6 Å². The zero-order valence-corrected chi connectivity index (χ0v) is 9.34. The van der Waals surface area contributed by atoms with Crippen LogP contribution in [0.4, 0.5) is 5.69 Å². The van der Waals surface area contributed by atoms with Crippen molar-refractivity contribution < 1.29 is 9.90 Å². The molecule has 0 radical (unpaired) electrons. The lowest BCUT2D eigenvalue weighted by molar-refractivity contribution is 0.0702. The van der Waals surface area contributed by atoms with Gasteiger partial charge in [-0.3, -0.25) is 0 Å². The normalized spacial score (nSPS) is 12.8. The van der Waals surface area contributed by atoms with Gasteiger partial charge in [-0.2, -0.15) is 0 Å². The summed E-state index contributed by atoms with van der Waals surface area (Å²) < 4.78 is 1.93. The first-order valence-corrected chi connectivity index (χ1v) is 5.60. The molecule has 3 rings (SSSR count). The van der Waals surface area contributed by atoms with Crippen LogP contribution in [0.5, 0.6) is 0 Å². The van der Waals surface area contributed by atoms with Crippen LogP contribution in [-0.2, 0) is 13.6 Å². The average Bonchev–Trinajstić information content (AvgIpc) is 2.81. The number of anilines is 1. The van der Waals surface area contributed by atoms with Crippen molar-refractivity contribution in [1.82, 2.24) is 9.55 Å². The number of carboxylic acid groups (broad SMARTS) is 1. The third kappa shape index (κ3) is 1.16. The Morgan fingerprint density at radius 2 is 2.50 bits per heavy atom. The van der Waals surface area contributed by atoms with Gasteiger partial charge in [0.2, 0.25) is 0 Å². The maximum atomic E-state index is 10.9. The van der Waals surface area contributed by atoms with Crippen molar-refractivity contribution in [2.24, 2.45) is 7.05 Å². The molecule has 16 heavy (non-hydrogen) atoms. The molecule has 0 fully saturated rings. The number of thiophene rings is 1. The van der Waals surface area contributed by atoms with Crippen molar-refractivity contribution in [2.45, 2.75) is 6.54 Å². The van der Waals surface area contributed by atoms with E-state index >= 15 is 0 Å². The summed E-state index contributed by atoms with van der Waals surface area (Å²) in [5.74, 6) is -0.884. The number of hydrogen-bond acceptors (Lipinski definition) is 4. The SMILES string of the molecule is Cn1cnc2c1-c1sc(C(=O)O)cc1NC2. The van der Waals surface area contributed by atoms with Gasteiger partial charge in [0.15, 0.2) is 0 Å². The smallest absolute Gasteiger partial charge is 0.345 e. The van der Waals surface area contributed by atoms with Crippen molar-refractivity contribution in [3.8, 4) is 10.6 Å². The highest BCUT2D eigenvalue weighted by molar-refractivity contribution is 7.18. The zero-order chi connectivity index (χ0) is 11.3. The fourth-order valence-corrected chi connectivity index (χ4v) is 2.97. The molecular formula is C10H9N3O2S. The quantitative estimate of drug-likeness (QED) is 0.790. The van der Waals surface area contributed by atoms with E-state index in [1.165, 1.54) is 11.3 Å². The summed E-state index contributed by atoms with van der Waals surface area (Å²) in [5, 5.41) is 12.1. The van der Waals surface area contributed by atoms with E-state index in [0.29, 0.717) is 11.4 Å². The molecule has 0 aromatic carbocycles. The first kappa shape index (κ1) is 9.41. The van der Waals surface area contributed by atoms with Gasteiger partial charge < -0.3 is 15.0 Å². The Morgan fingerprint density at radius 1 is 1.69 bits per heavy atom. The van der Waals surface area contributed by atoms with E-state index in [0.717, 1.165) is 22.0 Å². The van der Waals surface area contributed by atoms with E-state index in [2.05, 4.69) is 10.3 Å². The van der Waals surface area contributed by atoms with Gasteiger partial charge in [0.25, 0.3) is 0 Å². The predicted octanol–water partition coefficient (Wildman–Crippen LogP) is 1.77.